The first kappa shape index (κ1) is 49.5. The van der Waals surface area contributed by atoms with Crippen molar-refractivity contribution in [1.29, 1.82) is 0 Å². The second-order valence-electron chi connectivity index (χ2n) is 16.5. The van der Waals surface area contributed by atoms with Gasteiger partial charge in [0.05, 0.1) is 33.6 Å². The maximum Gasteiger partial charge on any atom is 0.248 e. The average molecular weight is 945 g/mol. The Morgan fingerprint density at radius 2 is 1.27 bits per heavy atom. The van der Waals surface area contributed by atoms with Gasteiger partial charge in [-0.3, -0.25) is 19.4 Å². The molecule has 0 fully saturated rings. The highest BCUT2D eigenvalue weighted by molar-refractivity contribution is 7.23. The molecule has 0 aliphatic carbocycles. The number of thiophene rings is 2. The van der Waals surface area contributed by atoms with Gasteiger partial charge in [0.15, 0.2) is 0 Å². The zero-order valence-electron chi connectivity index (χ0n) is 38.5. The van der Waals surface area contributed by atoms with Crippen molar-refractivity contribution < 1.29 is 19.1 Å². The lowest BCUT2D eigenvalue weighted by atomic mass is 10.0. The van der Waals surface area contributed by atoms with Crippen LogP contribution in [0.3, 0.4) is 0 Å². The van der Waals surface area contributed by atoms with Gasteiger partial charge in [-0.15, -0.1) is 45.3 Å². The SMILES string of the molecule is C=CC(=O)Nc1sc2c(c1-c1nc3cc(C)ccc3s1)CCN(C(C)C)C2.COCCN.COCCNCCC(=O)Nc1sc2c(c1-c1nc3cc(C)ccc3s1)CCN(C(C)C)C2. The molecule has 0 unspecified atom stereocenters. The average Bonchev–Trinajstić information content (AvgIpc) is 4.05. The summed E-state index contributed by atoms with van der Waals surface area (Å²) in [6, 6.07) is 13.8. The molecule has 0 saturated carbocycles. The molecular weight excluding hydrogens is 881 g/mol. The van der Waals surface area contributed by atoms with Gasteiger partial charge in [0.2, 0.25) is 11.8 Å². The van der Waals surface area contributed by atoms with E-state index in [-0.39, 0.29) is 11.8 Å². The predicted molar refractivity (Wildman–Crippen MR) is 272 cm³/mol. The number of amides is 2. The van der Waals surface area contributed by atoms with Crippen LogP contribution in [0.1, 0.15) is 66.1 Å². The van der Waals surface area contributed by atoms with Crippen LogP contribution in [0.15, 0.2) is 49.1 Å². The molecule has 0 spiro atoms. The standard InChI is InChI=1S/C24H32N4O2S2.C21H23N3OS2.C3H9NO/c1-15(2)28-11-8-17-20(14-28)32-24(27-21(29)7-9-25-10-12-30-4)22(17)23-26-18-13-16(3)5-6-19(18)31-23;1-5-18(25)23-21-19(14-8-9-24(12(2)3)11-17(14)27-21)20-22-15-10-13(4)6-7-16(15)26-20;1-5-3-2-4/h5-6,13,15,25H,7-12,14H2,1-4H3,(H,27,29);5-7,10,12H,1,8-9,11H2,2-4H3,(H,23,25);2-4H2,1H3. The Kier molecular flexibility index (Phi) is 18.2. The lowest BCUT2D eigenvalue weighted by Gasteiger charge is -2.30. The highest BCUT2D eigenvalue weighted by Gasteiger charge is 2.30. The predicted octanol–water partition coefficient (Wildman–Crippen LogP) is 9.48. The molecule has 0 atom stereocenters. The number of rotatable bonds is 15. The summed E-state index contributed by atoms with van der Waals surface area (Å²) < 4.78 is 12.0. The van der Waals surface area contributed by atoms with E-state index in [0.717, 1.165) is 87.7 Å². The minimum absolute atomic E-state index is 0.0347. The van der Waals surface area contributed by atoms with Crippen LogP contribution < -0.4 is 21.7 Å². The number of fused-ring (bicyclic) bond motifs is 4. The number of nitrogens with one attached hydrogen (secondary N) is 3. The molecular formula is C48H64N8O4S4. The van der Waals surface area contributed by atoms with E-state index >= 15 is 0 Å². The molecule has 16 heteroatoms. The van der Waals surface area contributed by atoms with Crippen molar-refractivity contribution in [3.8, 4) is 21.1 Å². The molecule has 0 radical (unpaired) electrons. The van der Waals surface area contributed by atoms with Crippen LogP contribution in [0, 0.1) is 13.8 Å². The van der Waals surface area contributed by atoms with Gasteiger partial charge in [-0.1, -0.05) is 18.7 Å². The van der Waals surface area contributed by atoms with E-state index in [1.807, 2.05) is 0 Å². The Morgan fingerprint density at radius 3 is 1.70 bits per heavy atom. The van der Waals surface area contributed by atoms with Crippen LogP contribution in [-0.4, -0.2) is 104 Å². The van der Waals surface area contributed by atoms with Crippen molar-refractivity contribution in [3.63, 3.8) is 0 Å². The summed E-state index contributed by atoms with van der Waals surface area (Å²) >= 11 is 6.81. The highest BCUT2D eigenvalue weighted by atomic mass is 32.1. The quantitative estimate of drug-likeness (QED) is 0.0580. The second kappa shape index (κ2) is 23.5. The van der Waals surface area contributed by atoms with Crippen LogP contribution in [0.4, 0.5) is 10.0 Å². The van der Waals surface area contributed by atoms with Crippen molar-refractivity contribution in [2.24, 2.45) is 5.73 Å². The smallest absolute Gasteiger partial charge is 0.248 e. The van der Waals surface area contributed by atoms with Gasteiger partial charge in [-0.05, 0) is 107 Å². The topological polar surface area (TPSA) is 147 Å². The van der Waals surface area contributed by atoms with Crippen LogP contribution in [0.25, 0.3) is 41.6 Å². The number of methoxy groups -OCH3 is 2. The van der Waals surface area contributed by atoms with Gasteiger partial charge in [0.25, 0.3) is 0 Å². The molecule has 2 aliphatic heterocycles. The van der Waals surface area contributed by atoms with Crippen molar-refractivity contribution >= 4 is 87.6 Å². The highest BCUT2D eigenvalue weighted by Crippen LogP contribution is 2.47. The Morgan fingerprint density at radius 1 is 0.766 bits per heavy atom. The van der Waals surface area contributed by atoms with E-state index < -0.39 is 0 Å². The number of aromatic nitrogens is 2. The molecule has 2 amide bonds. The van der Waals surface area contributed by atoms with Gasteiger partial charge in [0.1, 0.15) is 20.0 Å². The lowest BCUT2D eigenvalue weighted by molar-refractivity contribution is -0.116. The summed E-state index contributed by atoms with van der Waals surface area (Å²) in [6.07, 6.45) is 3.73. The number of thiazole rings is 2. The third kappa shape index (κ3) is 12.5. The maximum absolute atomic E-state index is 12.7. The Bertz CT molecular complexity index is 2520. The Labute approximate surface area is 394 Å². The molecule has 2 aliphatic rings. The number of anilines is 2. The first-order valence-electron chi connectivity index (χ1n) is 22.0. The fourth-order valence-corrected chi connectivity index (χ4v) is 12.4. The van der Waals surface area contributed by atoms with Crippen LogP contribution >= 0.6 is 45.3 Å². The minimum Gasteiger partial charge on any atom is -0.383 e. The van der Waals surface area contributed by atoms with E-state index in [0.29, 0.717) is 44.8 Å². The third-order valence-corrected chi connectivity index (χ3v) is 15.5. The number of hydrogen-bond donors (Lipinski definition) is 4. The molecule has 2 aromatic carbocycles. The van der Waals surface area contributed by atoms with Gasteiger partial charge >= 0.3 is 0 Å². The molecule has 344 valence electrons. The van der Waals surface area contributed by atoms with E-state index in [1.54, 1.807) is 59.6 Å². The summed E-state index contributed by atoms with van der Waals surface area (Å²) in [5, 5.41) is 13.3. The molecule has 4 aromatic heterocycles. The van der Waals surface area contributed by atoms with Crippen LogP contribution in [-0.2, 0) is 45.0 Å². The van der Waals surface area contributed by atoms with Gasteiger partial charge < -0.3 is 31.2 Å². The number of ether oxygens (including phenoxy) is 2. The first-order valence-corrected chi connectivity index (χ1v) is 25.2. The fourth-order valence-electron chi connectivity index (χ4n) is 7.62. The number of aryl methyl sites for hydroxylation is 2. The molecule has 6 heterocycles. The molecule has 0 bridgehead atoms. The van der Waals surface area contributed by atoms with Gasteiger partial charge in [-0.2, -0.15) is 0 Å². The van der Waals surface area contributed by atoms with Crippen molar-refractivity contribution in [1.82, 2.24) is 25.1 Å². The summed E-state index contributed by atoms with van der Waals surface area (Å²) in [5.41, 5.74) is 14.4. The lowest BCUT2D eigenvalue weighted by Crippen LogP contribution is -2.35. The number of benzene rings is 2. The number of carbonyl (C=O) groups is 2. The molecule has 64 heavy (non-hydrogen) atoms. The van der Waals surface area contributed by atoms with Gasteiger partial charge in [-0.25, -0.2) is 9.97 Å². The summed E-state index contributed by atoms with van der Waals surface area (Å²) in [7, 11) is 3.31. The molecule has 8 rings (SSSR count). The minimum atomic E-state index is -0.174. The number of carbonyl (C=O) groups excluding carboxylic acids is 2. The maximum atomic E-state index is 12.7. The summed E-state index contributed by atoms with van der Waals surface area (Å²) in [6.45, 7) is 24.0. The zero-order chi connectivity index (χ0) is 45.9. The van der Waals surface area contributed by atoms with E-state index in [4.69, 9.17) is 20.4 Å². The molecule has 12 nitrogen and oxygen atoms in total. The number of hydrogen-bond acceptors (Lipinski definition) is 14. The van der Waals surface area contributed by atoms with Crippen molar-refractivity contribution in [2.45, 2.75) is 86.0 Å². The number of nitrogens with two attached hydrogens (primary N) is 1. The zero-order valence-corrected chi connectivity index (χ0v) is 41.8. The number of nitrogens with zero attached hydrogens (tertiary/aromatic N) is 4. The monoisotopic (exact) mass is 944 g/mol. The largest absolute Gasteiger partial charge is 0.383 e. The van der Waals surface area contributed by atoms with Crippen LogP contribution in [0.5, 0.6) is 0 Å². The normalized spacial score (nSPS) is 13.9. The van der Waals surface area contributed by atoms with Crippen LogP contribution in [0.2, 0.25) is 0 Å². The van der Waals surface area contributed by atoms with Crippen molar-refractivity contribution in [2.75, 3.05) is 70.8 Å². The summed E-state index contributed by atoms with van der Waals surface area (Å²) in [4.78, 5) is 42.3. The van der Waals surface area contributed by atoms with Gasteiger partial charge in [0, 0.05) is 99.4 Å². The fraction of sp³-hybridized carbons (Fsp3) is 0.458. The molecule has 5 N–H and O–H groups in total. The van der Waals surface area contributed by atoms with E-state index in [2.05, 4.69) is 115 Å². The first-order chi connectivity index (χ1) is 30.8. The third-order valence-electron chi connectivity index (χ3n) is 11.2. The van der Waals surface area contributed by atoms with Crippen molar-refractivity contribution in [3.05, 3.63) is 81.1 Å². The molecule has 0 saturated heterocycles. The Hall–Kier alpha value is -3.94. The van der Waals surface area contributed by atoms with E-state index in [1.165, 1.54) is 47.5 Å². The van der Waals surface area contributed by atoms with E-state index in [9.17, 15) is 9.59 Å². The molecule has 6 aromatic rings. The second-order valence-corrected chi connectivity index (χ2v) is 20.8. The summed E-state index contributed by atoms with van der Waals surface area (Å²) in [5.74, 6) is -0.139. The Balaban J connectivity index is 0.000000194.